The van der Waals surface area contributed by atoms with Gasteiger partial charge in [0.15, 0.2) is 0 Å². The zero-order valence-corrected chi connectivity index (χ0v) is 9.27. The van der Waals surface area contributed by atoms with Crippen molar-refractivity contribution in [2.75, 3.05) is 11.1 Å². The third-order valence-electron chi connectivity index (χ3n) is 3.03. The van der Waals surface area contributed by atoms with Crippen molar-refractivity contribution < 1.29 is 14.7 Å². The fourth-order valence-corrected chi connectivity index (χ4v) is 1.71. The number of benzene rings is 1. The maximum atomic E-state index is 11.7. The van der Waals surface area contributed by atoms with Gasteiger partial charge in [0.1, 0.15) is 0 Å². The number of rotatable bonds is 3. The molecule has 0 heterocycles. The lowest BCUT2D eigenvalue weighted by Gasteiger charge is -2.24. The van der Waals surface area contributed by atoms with E-state index in [1.54, 1.807) is 0 Å². The minimum Gasteiger partial charge on any atom is -0.478 e. The smallest absolute Gasteiger partial charge is 0.335 e. The molecule has 5 heteroatoms. The molecular weight excluding hydrogens is 220 g/mol. The van der Waals surface area contributed by atoms with Gasteiger partial charge in [0, 0.05) is 5.92 Å². The third-order valence-corrected chi connectivity index (χ3v) is 3.03. The summed E-state index contributed by atoms with van der Waals surface area (Å²) < 4.78 is 0. The number of carboxylic acids is 1. The first kappa shape index (κ1) is 11.4. The number of amides is 1. The highest BCUT2D eigenvalue weighted by Crippen LogP contribution is 2.29. The number of aromatic carboxylic acids is 1. The molecule has 0 radical (unpaired) electrons. The van der Waals surface area contributed by atoms with Crippen LogP contribution >= 0.6 is 0 Å². The van der Waals surface area contributed by atoms with E-state index in [2.05, 4.69) is 5.32 Å². The van der Waals surface area contributed by atoms with Crippen LogP contribution < -0.4 is 11.1 Å². The maximum absolute atomic E-state index is 11.7. The Balaban J connectivity index is 2.10. The Morgan fingerprint density at radius 1 is 1.35 bits per heavy atom. The molecule has 4 N–H and O–H groups in total. The van der Waals surface area contributed by atoms with Gasteiger partial charge >= 0.3 is 5.97 Å². The first-order valence-electron chi connectivity index (χ1n) is 5.51. The van der Waals surface area contributed by atoms with Crippen LogP contribution in [0.15, 0.2) is 18.2 Å². The van der Waals surface area contributed by atoms with Crippen molar-refractivity contribution in [3.63, 3.8) is 0 Å². The van der Waals surface area contributed by atoms with Crippen LogP contribution in [0.1, 0.15) is 29.6 Å². The summed E-state index contributed by atoms with van der Waals surface area (Å²) in [6.45, 7) is 0. The Labute approximate surface area is 98.6 Å². The Hall–Kier alpha value is -2.04. The average molecular weight is 234 g/mol. The van der Waals surface area contributed by atoms with E-state index in [0.29, 0.717) is 5.69 Å². The van der Waals surface area contributed by atoms with Gasteiger partial charge in [0.05, 0.1) is 16.9 Å². The fraction of sp³-hybridized carbons (Fsp3) is 0.333. The number of carbonyl (C=O) groups is 2. The highest BCUT2D eigenvalue weighted by molar-refractivity contribution is 5.97. The molecule has 1 aliphatic carbocycles. The zero-order valence-electron chi connectivity index (χ0n) is 9.27. The Kier molecular flexibility index (Phi) is 2.99. The molecule has 1 aliphatic rings. The third kappa shape index (κ3) is 2.38. The number of anilines is 2. The summed E-state index contributed by atoms with van der Waals surface area (Å²) in [4.78, 5) is 22.4. The molecule has 17 heavy (non-hydrogen) atoms. The minimum absolute atomic E-state index is 0.0361. The van der Waals surface area contributed by atoms with Crippen molar-refractivity contribution in [2.45, 2.75) is 19.3 Å². The normalized spacial score (nSPS) is 15.1. The summed E-state index contributed by atoms with van der Waals surface area (Å²) in [5.74, 6) is -0.992. The molecule has 1 fully saturated rings. The monoisotopic (exact) mass is 234 g/mol. The lowest BCUT2D eigenvalue weighted by atomic mass is 9.85. The SMILES string of the molecule is Nc1cc(C(=O)O)ccc1NC(=O)C1CCC1. The molecule has 0 atom stereocenters. The Bertz CT molecular complexity index is 467. The van der Waals surface area contributed by atoms with Crippen molar-refractivity contribution in [3.8, 4) is 0 Å². The summed E-state index contributed by atoms with van der Waals surface area (Å²) >= 11 is 0. The maximum Gasteiger partial charge on any atom is 0.335 e. The molecule has 1 aromatic carbocycles. The highest BCUT2D eigenvalue weighted by Gasteiger charge is 2.25. The molecule has 0 saturated heterocycles. The predicted octanol–water partition coefficient (Wildman–Crippen LogP) is 1.71. The first-order valence-corrected chi connectivity index (χ1v) is 5.51. The molecule has 0 aliphatic heterocycles. The summed E-state index contributed by atoms with van der Waals surface area (Å²) in [6, 6.07) is 4.29. The first-order chi connectivity index (χ1) is 8.08. The summed E-state index contributed by atoms with van der Waals surface area (Å²) in [7, 11) is 0. The van der Waals surface area contributed by atoms with E-state index in [4.69, 9.17) is 10.8 Å². The number of hydrogen-bond acceptors (Lipinski definition) is 3. The van der Waals surface area contributed by atoms with Crippen LogP contribution in [0.5, 0.6) is 0 Å². The van der Waals surface area contributed by atoms with Crippen molar-refractivity contribution in [3.05, 3.63) is 23.8 Å². The largest absolute Gasteiger partial charge is 0.478 e. The van der Waals surface area contributed by atoms with Gasteiger partial charge in [-0.2, -0.15) is 0 Å². The molecule has 5 nitrogen and oxygen atoms in total. The Morgan fingerprint density at radius 3 is 2.53 bits per heavy atom. The second kappa shape index (κ2) is 4.45. The van der Waals surface area contributed by atoms with Crippen LogP contribution in [0.3, 0.4) is 0 Å². The number of nitrogen functional groups attached to an aromatic ring is 1. The topological polar surface area (TPSA) is 92.4 Å². The molecule has 1 saturated carbocycles. The number of hydrogen-bond donors (Lipinski definition) is 3. The van der Waals surface area contributed by atoms with Gasteiger partial charge in [0.25, 0.3) is 0 Å². The van der Waals surface area contributed by atoms with Gasteiger partial charge < -0.3 is 16.2 Å². The van der Waals surface area contributed by atoms with E-state index in [9.17, 15) is 9.59 Å². The fourth-order valence-electron chi connectivity index (χ4n) is 1.71. The second-order valence-electron chi connectivity index (χ2n) is 4.22. The minimum atomic E-state index is -1.03. The van der Waals surface area contributed by atoms with Crippen LogP contribution in [0, 0.1) is 5.92 Å². The quantitative estimate of drug-likeness (QED) is 0.694. The van der Waals surface area contributed by atoms with Gasteiger partial charge in [0.2, 0.25) is 5.91 Å². The van der Waals surface area contributed by atoms with E-state index in [1.807, 2.05) is 0 Å². The standard InChI is InChI=1S/C12H14N2O3/c13-9-6-8(12(16)17)4-5-10(9)14-11(15)7-2-1-3-7/h4-7H,1-3,13H2,(H,14,15)(H,16,17). The summed E-state index contributed by atoms with van der Waals surface area (Å²) in [5, 5.41) is 11.5. The highest BCUT2D eigenvalue weighted by atomic mass is 16.4. The van der Waals surface area contributed by atoms with Crippen molar-refractivity contribution in [1.29, 1.82) is 0 Å². The van der Waals surface area contributed by atoms with Crippen molar-refractivity contribution in [2.24, 2.45) is 5.92 Å². The number of carbonyl (C=O) groups excluding carboxylic acids is 1. The van der Waals surface area contributed by atoms with Crippen LogP contribution in [0.2, 0.25) is 0 Å². The van der Waals surface area contributed by atoms with Crippen LogP contribution in [-0.2, 0) is 4.79 Å². The predicted molar refractivity (Wildman–Crippen MR) is 63.8 cm³/mol. The molecule has 2 rings (SSSR count). The van der Waals surface area contributed by atoms with Crippen LogP contribution in [-0.4, -0.2) is 17.0 Å². The molecule has 0 unspecified atom stereocenters. The average Bonchev–Trinajstić information content (AvgIpc) is 2.18. The van der Waals surface area contributed by atoms with Gasteiger partial charge in [-0.3, -0.25) is 4.79 Å². The summed E-state index contributed by atoms with van der Waals surface area (Å²) in [6.07, 6.45) is 2.92. The molecule has 0 spiro atoms. The van der Waals surface area contributed by atoms with Gasteiger partial charge in [-0.1, -0.05) is 6.42 Å². The van der Waals surface area contributed by atoms with Gasteiger partial charge in [-0.15, -0.1) is 0 Å². The number of nitrogens with two attached hydrogens (primary N) is 1. The van der Waals surface area contributed by atoms with Gasteiger partial charge in [-0.05, 0) is 31.0 Å². The lowest BCUT2D eigenvalue weighted by molar-refractivity contribution is -0.122. The van der Waals surface area contributed by atoms with Crippen molar-refractivity contribution >= 4 is 23.3 Å². The number of carboxylic acid groups (broad SMARTS) is 1. The van der Waals surface area contributed by atoms with Gasteiger partial charge in [-0.25, -0.2) is 4.79 Å². The van der Waals surface area contributed by atoms with E-state index in [0.717, 1.165) is 19.3 Å². The van der Waals surface area contributed by atoms with Crippen LogP contribution in [0.25, 0.3) is 0 Å². The molecular formula is C12H14N2O3. The molecule has 90 valence electrons. The van der Waals surface area contributed by atoms with E-state index >= 15 is 0 Å². The second-order valence-corrected chi connectivity index (χ2v) is 4.22. The van der Waals surface area contributed by atoms with E-state index in [1.165, 1.54) is 18.2 Å². The van der Waals surface area contributed by atoms with Crippen LogP contribution in [0.4, 0.5) is 11.4 Å². The van der Waals surface area contributed by atoms with E-state index < -0.39 is 5.97 Å². The Morgan fingerprint density at radius 2 is 2.06 bits per heavy atom. The molecule has 1 aromatic rings. The zero-order chi connectivity index (χ0) is 12.4. The molecule has 0 bridgehead atoms. The molecule has 0 aromatic heterocycles. The number of nitrogens with one attached hydrogen (secondary N) is 1. The van der Waals surface area contributed by atoms with E-state index in [-0.39, 0.29) is 23.1 Å². The van der Waals surface area contributed by atoms with Crippen molar-refractivity contribution in [1.82, 2.24) is 0 Å². The lowest BCUT2D eigenvalue weighted by Crippen LogP contribution is -2.28. The summed E-state index contributed by atoms with van der Waals surface area (Å²) in [5.41, 5.74) is 6.56. The molecule has 1 amide bonds.